The molecule has 0 bridgehead atoms. The molecule has 0 radical (unpaired) electrons. The standard InChI is InChI=1S/C39H28N2/c1-3-11-26(12-4-1)28-19-20-35-30(21-28)23-32-24-31-22-29(27-13-5-2-6-14-27)25-38(39(31)40(32)35)41-36-17-9-7-15-33(36)34-16-8-10-18-37(34)41/h1-22,25,32H,23-24H2. The molecular weight excluding hydrogens is 496 g/mol. The van der Waals surface area contributed by atoms with Crippen LogP contribution in [0.5, 0.6) is 0 Å². The second-order valence-electron chi connectivity index (χ2n) is 11.4. The molecule has 0 saturated heterocycles. The fraction of sp³-hybridized carbons (Fsp3) is 0.0769. The second-order valence-corrected chi connectivity index (χ2v) is 11.4. The minimum atomic E-state index is 0.434. The lowest BCUT2D eigenvalue weighted by molar-refractivity contribution is 0.725. The van der Waals surface area contributed by atoms with E-state index in [-0.39, 0.29) is 0 Å². The Hall–Kier alpha value is -5.08. The molecule has 1 unspecified atom stereocenters. The highest BCUT2D eigenvalue weighted by Crippen LogP contribution is 2.51. The van der Waals surface area contributed by atoms with Crippen molar-refractivity contribution in [2.24, 2.45) is 0 Å². The third kappa shape index (κ3) is 3.37. The highest BCUT2D eigenvalue weighted by atomic mass is 15.2. The lowest BCUT2D eigenvalue weighted by Gasteiger charge is -2.25. The fourth-order valence-electron chi connectivity index (χ4n) is 7.32. The van der Waals surface area contributed by atoms with Gasteiger partial charge in [-0.05, 0) is 82.6 Å². The molecule has 2 aliphatic rings. The van der Waals surface area contributed by atoms with Gasteiger partial charge in [-0.15, -0.1) is 0 Å². The summed E-state index contributed by atoms with van der Waals surface area (Å²) in [7, 11) is 0. The van der Waals surface area contributed by atoms with Gasteiger partial charge in [-0.2, -0.15) is 0 Å². The summed E-state index contributed by atoms with van der Waals surface area (Å²) < 4.78 is 2.51. The molecule has 6 aromatic carbocycles. The molecule has 1 atom stereocenters. The van der Waals surface area contributed by atoms with Gasteiger partial charge in [0.15, 0.2) is 0 Å². The zero-order valence-electron chi connectivity index (χ0n) is 22.7. The van der Waals surface area contributed by atoms with Crippen molar-refractivity contribution < 1.29 is 0 Å². The maximum absolute atomic E-state index is 2.65. The van der Waals surface area contributed by atoms with Crippen LogP contribution in [-0.4, -0.2) is 10.6 Å². The maximum Gasteiger partial charge on any atom is 0.0708 e. The van der Waals surface area contributed by atoms with Crippen molar-refractivity contribution in [2.45, 2.75) is 18.9 Å². The molecule has 0 aliphatic carbocycles. The van der Waals surface area contributed by atoms with Crippen molar-refractivity contribution in [3.63, 3.8) is 0 Å². The van der Waals surface area contributed by atoms with Gasteiger partial charge in [-0.3, -0.25) is 0 Å². The molecule has 41 heavy (non-hydrogen) atoms. The second kappa shape index (κ2) is 8.71. The molecule has 0 amide bonds. The summed E-state index contributed by atoms with van der Waals surface area (Å²) in [5.41, 5.74) is 14.5. The van der Waals surface area contributed by atoms with Crippen LogP contribution >= 0.6 is 0 Å². The molecule has 7 aromatic rings. The number of hydrogen-bond donors (Lipinski definition) is 0. The molecule has 194 valence electrons. The molecule has 2 nitrogen and oxygen atoms in total. The lowest BCUT2D eigenvalue weighted by Crippen LogP contribution is -2.23. The van der Waals surface area contributed by atoms with Gasteiger partial charge in [-0.25, -0.2) is 0 Å². The van der Waals surface area contributed by atoms with Crippen LogP contribution in [-0.2, 0) is 12.8 Å². The zero-order valence-corrected chi connectivity index (χ0v) is 22.7. The number of para-hydroxylation sites is 2. The van der Waals surface area contributed by atoms with E-state index in [0.717, 1.165) is 12.8 Å². The average Bonchev–Trinajstić information content (AvgIpc) is 3.69. The highest BCUT2D eigenvalue weighted by molar-refractivity contribution is 6.10. The van der Waals surface area contributed by atoms with Crippen molar-refractivity contribution in [1.82, 2.24) is 4.57 Å². The Balaban J connectivity index is 1.31. The van der Waals surface area contributed by atoms with Gasteiger partial charge in [0.1, 0.15) is 0 Å². The average molecular weight is 525 g/mol. The van der Waals surface area contributed by atoms with E-state index in [1.54, 1.807) is 0 Å². The molecule has 0 spiro atoms. The third-order valence-corrected chi connectivity index (χ3v) is 9.06. The first kappa shape index (κ1) is 22.7. The Bertz CT molecular complexity index is 2050. The molecule has 0 N–H and O–H groups in total. The van der Waals surface area contributed by atoms with Gasteiger partial charge >= 0.3 is 0 Å². The molecule has 0 saturated carbocycles. The fourth-order valence-corrected chi connectivity index (χ4v) is 7.32. The van der Waals surface area contributed by atoms with Crippen LogP contribution in [0.4, 0.5) is 11.4 Å². The zero-order chi connectivity index (χ0) is 26.9. The van der Waals surface area contributed by atoms with Crippen molar-refractivity contribution in [1.29, 1.82) is 0 Å². The molecule has 0 fully saturated rings. The number of hydrogen-bond acceptors (Lipinski definition) is 1. The quantitative estimate of drug-likeness (QED) is 0.223. The van der Waals surface area contributed by atoms with Crippen LogP contribution in [0.1, 0.15) is 11.1 Å². The van der Waals surface area contributed by atoms with E-state index in [1.807, 2.05) is 0 Å². The molecule has 3 heterocycles. The van der Waals surface area contributed by atoms with Crippen LogP contribution in [0.25, 0.3) is 49.7 Å². The number of anilines is 2. The normalized spacial score (nSPS) is 15.3. The Kier molecular flexibility index (Phi) is 4.82. The molecular formula is C39H28N2. The number of rotatable bonds is 3. The number of fused-ring (bicyclic) bond motifs is 8. The molecule has 1 aromatic heterocycles. The maximum atomic E-state index is 2.65. The largest absolute Gasteiger partial charge is 0.336 e. The third-order valence-electron chi connectivity index (χ3n) is 9.06. The summed E-state index contributed by atoms with van der Waals surface area (Å²) in [4.78, 5) is 2.65. The van der Waals surface area contributed by atoms with Gasteiger partial charge in [0.05, 0.1) is 22.4 Å². The number of nitrogens with zero attached hydrogens (tertiary/aromatic N) is 2. The molecule has 2 heteroatoms. The first-order valence-electron chi connectivity index (χ1n) is 14.5. The van der Waals surface area contributed by atoms with E-state index in [9.17, 15) is 0 Å². The molecule has 2 aliphatic heterocycles. The van der Waals surface area contributed by atoms with Crippen LogP contribution in [0.2, 0.25) is 0 Å². The highest BCUT2D eigenvalue weighted by Gasteiger charge is 2.39. The Morgan fingerprint density at radius 1 is 0.439 bits per heavy atom. The predicted molar refractivity (Wildman–Crippen MR) is 171 cm³/mol. The smallest absolute Gasteiger partial charge is 0.0708 e. The predicted octanol–water partition coefficient (Wildman–Crippen LogP) is 9.74. The van der Waals surface area contributed by atoms with Crippen molar-refractivity contribution in [3.8, 4) is 27.9 Å². The summed E-state index contributed by atoms with van der Waals surface area (Å²) in [5.74, 6) is 0. The summed E-state index contributed by atoms with van der Waals surface area (Å²) >= 11 is 0. The topological polar surface area (TPSA) is 8.17 Å². The van der Waals surface area contributed by atoms with Crippen LogP contribution in [0.3, 0.4) is 0 Å². The van der Waals surface area contributed by atoms with Crippen molar-refractivity contribution in [2.75, 3.05) is 4.90 Å². The summed E-state index contributed by atoms with van der Waals surface area (Å²) in [5, 5.41) is 2.59. The first-order valence-corrected chi connectivity index (χ1v) is 14.5. The van der Waals surface area contributed by atoms with E-state index in [1.165, 1.54) is 72.2 Å². The Morgan fingerprint density at radius 2 is 1.00 bits per heavy atom. The lowest BCUT2D eigenvalue weighted by atomic mass is 9.96. The summed E-state index contributed by atoms with van der Waals surface area (Å²) in [6, 6.07) is 51.7. The minimum absolute atomic E-state index is 0.434. The van der Waals surface area contributed by atoms with E-state index < -0.39 is 0 Å². The molecule has 9 rings (SSSR count). The summed E-state index contributed by atoms with van der Waals surface area (Å²) in [6.07, 6.45) is 2.12. The van der Waals surface area contributed by atoms with Gasteiger partial charge < -0.3 is 9.47 Å². The monoisotopic (exact) mass is 524 g/mol. The first-order chi connectivity index (χ1) is 20.3. The number of benzene rings is 6. The Labute approximate surface area is 239 Å². The summed E-state index contributed by atoms with van der Waals surface area (Å²) in [6.45, 7) is 0. The number of aromatic nitrogens is 1. The van der Waals surface area contributed by atoms with E-state index in [2.05, 4.69) is 149 Å². The van der Waals surface area contributed by atoms with Gasteiger partial charge in [0, 0.05) is 22.5 Å². The van der Waals surface area contributed by atoms with E-state index in [0.29, 0.717) is 6.04 Å². The van der Waals surface area contributed by atoms with Gasteiger partial charge in [0.25, 0.3) is 0 Å². The van der Waals surface area contributed by atoms with Crippen LogP contribution in [0, 0.1) is 0 Å². The van der Waals surface area contributed by atoms with Crippen molar-refractivity contribution in [3.05, 3.63) is 151 Å². The van der Waals surface area contributed by atoms with Crippen molar-refractivity contribution >= 4 is 33.2 Å². The SMILES string of the molecule is c1ccc(-c2ccc3c(c2)CC2Cc4cc(-c5ccccc5)cc(-n5c6ccccc6c6ccccc65)c4N32)cc1. The van der Waals surface area contributed by atoms with Gasteiger partial charge in [0.2, 0.25) is 0 Å². The van der Waals surface area contributed by atoms with Crippen LogP contribution in [0.15, 0.2) is 140 Å². The van der Waals surface area contributed by atoms with E-state index in [4.69, 9.17) is 0 Å². The minimum Gasteiger partial charge on any atom is -0.336 e. The van der Waals surface area contributed by atoms with Gasteiger partial charge in [-0.1, -0.05) is 103 Å². The Morgan fingerprint density at radius 3 is 1.68 bits per heavy atom. The van der Waals surface area contributed by atoms with Crippen LogP contribution < -0.4 is 4.90 Å². The van der Waals surface area contributed by atoms with E-state index >= 15 is 0 Å².